The Kier molecular flexibility index (Phi) is 4.06. The maximum atomic E-state index is 10.6. The van der Waals surface area contributed by atoms with E-state index in [0.717, 1.165) is 17.0 Å². The van der Waals surface area contributed by atoms with E-state index in [9.17, 15) is 5.11 Å². The van der Waals surface area contributed by atoms with Gasteiger partial charge in [-0.05, 0) is 37.6 Å². The number of benzene rings is 2. The molecule has 118 valence electrons. The third-order valence-corrected chi connectivity index (χ3v) is 3.91. The zero-order valence-electron chi connectivity index (χ0n) is 13.6. The second-order valence-corrected chi connectivity index (χ2v) is 5.47. The lowest BCUT2D eigenvalue weighted by Crippen LogP contribution is -1.99. The van der Waals surface area contributed by atoms with Crippen LogP contribution in [0.1, 0.15) is 18.2 Å². The first-order chi connectivity index (χ1) is 11.1. The number of methoxy groups -OCH3 is 1. The Hall–Kier alpha value is -2.75. The topological polar surface area (TPSA) is 47.3 Å². The molecular formula is C19H20N2O2. The average molecular weight is 308 g/mol. The van der Waals surface area contributed by atoms with Crippen LogP contribution in [0.4, 0.5) is 0 Å². The Balaban J connectivity index is 2.17. The summed E-state index contributed by atoms with van der Waals surface area (Å²) in [5.74, 6) is 1.03. The number of ether oxygens (including phenoxy) is 1. The van der Waals surface area contributed by atoms with Gasteiger partial charge in [0.25, 0.3) is 0 Å². The molecule has 0 aliphatic rings. The molecule has 1 heterocycles. The van der Waals surface area contributed by atoms with Crippen LogP contribution in [0.15, 0.2) is 48.5 Å². The lowest BCUT2D eigenvalue weighted by Gasteiger charge is -2.09. The summed E-state index contributed by atoms with van der Waals surface area (Å²) >= 11 is 0. The van der Waals surface area contributed by atoms with E-state index < -0.39 is 0 Å². The van der Waals surface area contributed by atoms with Gasteiger partial charge in [0.15, 0.2) is 5.75 Å². The standard InChI is InChI=1S/C19H20N2O2/c1-4-17-19(22)18(14-7-5-13(2)6-8-14)21(20-17)15-9-11-16(23-3)12-10-15/h5-12,22H,4H2,1-3H3. The van der Waals surface area contributed by atoms with Crippen molar-refractivity contribution in [3.8, 4) is 28.4 Å². The second-order valence-electron chi connectivity index (χ2n) is 5.47. The van der Waals surface area contributed by atoms with Crippen LogP contribution < -0.4 is 4.74 Å². The number of rotatable bonds is 4. The zero-order valence-corrected chi connectivity index (χ0v) is 13.6. The van der Waals surface area contributed by atoms with Crippen molar-refractivity contribution in [2.45, 2.75) is 20.3 Å². The van der Waals surface area contributed by atoms with Gasteiger partial charge in [0.1, 0.15) is 17.1 Å². The van der Waals surface area contributed by atoms with Crippen LogP contribution in [0.25, 0.3) is 16.9 Å². The molecule has 0 saturated carbocycles. The summed E-state index contributed by atoms with van der Waals surface area (Å²) in [6.45, 7) is 4.03. The first kappa shape index (κ1) is 15.2. The fraction of sp³-hybridized carbons (Fsp3) is 0.211. The summed E-state index contributed by atoms with van der Waals surface area (Å²) in [5.41, 5.74) is 4.41. The van der Waals surface area contributed by atoms with E-state index in [1.807, 2.05) is 62.4 Å². The van der Waals surface area contributed by atoms with Crippen LogP contribution in [0, 0.1) is 6.92 Å². The first-order valence-corrected chi connectivity index (χ1v) is 7.66. The van der Waals surface area contributed by atoms with Crippen LogP contribution in [0.5, 0.6) is 11.5 Å². The fourth-order valence-corrected chi connectivity index (χ4v) is 2.57. The van der Waals surface area contributed by atoms with Gasteiger partial charge in [-0.1, -0.05) is 36.8 Å². The Morgan fingerprint density at radius 3 is 2.26 bits per heavy atom. The van der Waals surface area contributed by atoms with Crippen molar-refractivity contribution < 1.29 is 9.84 Å². The maximum absolute atomic E-state index is 10.6. The van der Waals surface area contributed by atoms with Crippen molar-refractivity contribution in [3.05, 3.63) is 59.8 Å². The summed E-state index contributed by atoms with van der Waals surface area (Å²) in [5, 5.41) is 15.2. The lowest BCUT2D eigenvalue weighted by atomic mass is 10.1. The largest absolute Gasteiger partial charge is 0.504 e. The van der Waals surface area contributed by atoms with E-state index in [0.29, 0.717) is 17.8 Å². The number of aromatic hydroxyl groups is 1. The van der Waals surface area contributed by atoms with Gasteiger partial charge in [-0.3, -0.25) is 0 Å². The summed E-state index contributed by atoms with van der Waals surface area (Å²) in [6, 6.07) is 15.7. The fourth-order valence-electron chi connectivity index (χ4n) is 2.57. The number of aryl methyl sites for hydroxylation is 2. The van der Waals surface area contributed by atoms with Crippen LogP contribution in [0.3, 0.4) is 0 Å². The first-order valence-electron chi connectivity index (χ1n) is 7.66. The van der Waals surface area contributed by atoms with Gasteiger partial charge < -0.3 is 9.84 Å². The van der Waals surface area contributed by atoms with Gasteiger partial charge in [0, 0.05) is 5.56 Å². The predicted molar refractivity (Wildman–Crippen MR) is 91.3 cm³/mol. The Morgan fingerprint density at radius 2 is 1.70 bits per heavy atom. The number of aromatic nitrogens is 2. The van der Waals surface area contributed by atoms with Crippen LogP contribution in [0.2, 0.25) is 0 Å². The highest BCUT2D eigenvalue weighted by Crippen LogP contribution is 2.35. The smallest absolute Gasteiger partial charge is 0.165 e. The van der Waals surface area contributed by atoms with Gasteiger partial charge in [0.2, 0.25) is 0 Å². The number of nitrogens with zero attached hydrogens (tertiary/aromatic N) is 2. The quantitative estimate of drug-likeness (QED) is 0.788. The highest BCUT2D eigenvalue weighted by Gasteiger charge is 2.18. The Bertz CT molecular complexity index is 803. The van der Waals surface area contributed by atoms with Crippen molar-refractivity contribution in [1.82, 2.24) is 9.78 Å². The molecule has 4 heteroatoms. The minimum absolute atomic E-state index is 0.243. The van der Waals surface area contributed by atoms with Crippen molar-refractivity contribution in [2.24, 2.45) is 0 Å². The average Bonchev–Trinajstić information content (AvgIpc) is 2.92. The van der Waals surface area contributed by atoms with E-state index in [1.54, 1.807) is 11.8 Å². The molecule has 0 saturated heterocycles. The molecule has 0 atom stereocenters. The van der Waals surface area contributed by atoms with E-state index in [1.165, 1.54) is 5.56 Å². The number of hydrogen-bond donors (Lipinski definition) is 1. The zero-order chi connectivity index (χ0) is 16.4. The molecule has 0 spiro atoms. The molecule has 23 heavy (non-hydrogen) atoms. The van der Waals surface area contributed by atoms with Gasteiger partial charge in [-0.15, -0.1) is 0 Å². The highest BCUT2D eigenvalue weighted by molar-refractivity contribution is 5.70. The molecule has 0 fully saturated rings. The van der Waals surface area contributed by atoms with Gasteiger partial charge in [-0.25, -0.2) is 4.68 Å². The molecule has 1 N–H and O–H groups in total. The Labute approximate surface area is 136 Å². The molecule has 0 radical (unpaired) electrons. The van der Waals surface area contributed by atoms with E-state index in [2.05, 4.69) is 5.10 Å². The Morgan fingerprint density at radius 1 is 1.04 bits per heavy atom. The lowest BCUT2D eigenvalue weighted by molar-refractivity contribution is 0.414. The minimum atomic E-state index is 0.243. The molecule has 0 amide bonds. The third kappa shape index (κ3) is 2.80. The summed E-state index contributed by atoms with van der Waals surface area (Å²) < 4.78 is 6.99. The van der Waals surface area contributed by atoms with Gasteiger partial charge in [0.05, 0.1) is 12.8 Å². The van der Waals surface area contributed by atoms with Gasteiger partial charge >= 0.3 is 0 Å². The third-order valence-electron chi connectivity index (χ3n) is 3.91. The normalized spacial score (nSPS) is 10.7. The monoisotopic (exact) mass is 308 g/mol. The molecule has 0 unspecified atom stereocenters. The molecule has 4 nitrogen and oxygen atoms in total. The molecule has 0 aliphatic heterocycles. The van der Waals surface area contributed by atoms with Crippen LogP contribution in [-0.2, 0) is 6.42 Å². The summed E-state index contributed by atoms with van der Waals surface area (Å²) in [4.78, 5) is 0. The van der Waals surface area contributed by atoms with E-state index >= 15 is 0 Å². The van der Waals surface area contributed by atoms with E-state index in [-0.39, 0.29) is 5.75 Å². The minimum Gasteiger partial charge on any atom is -0.504 e. The molecular weight excluding hydrogens is 288 g/mol. The van der Waals surface area contributed by atoms with Crippen LogP contribution >= 0.6 is 0 Å². The molecule has 3 aromatic rings. The molecule has 0 bridgehead atoms. The maximum Gasteiger partial charge on any atom is 0.165 e. The predicted octanol–water partition coefficient (Wildman–Crippen LogP) is 4.12. The second kappa shape index (κ2) is 6.16. The van der Waals surface area contributed by atoms with Crippen molar-refractivity contribution in [1.29, 1.82) is 0 Å². The molecule has 1 aromatic heterocycles. The van der Waals surface area contributed by atoms with Crippen LogP contribution in [-0.4, -0.2) is 22.0 Å². The SMILES string of the molecule is CCc1nn(-c2ccc(OC)cc2)c(-c2ccc(C)cc2)c1O. The van der Waals surface area contributed by atoms with Crippen molar-refractivity contribution in [2.75, 3.05) is 7.11 Å². The molecule has 0 aliphatic carbocycles. The summed E-state index contributed by atoms with van der Waals surface area (Å²) in [7, 11) is 1.64. The van der Waals surface area contributed by atoms with E-state index in [4.69, 9.17) is 4.74 Å². The van der Waals surface area contributed by atoms with Crippen molar-refractivity contribution >= 4 is 0 Å². The number of hydrogen-bond acceptors (Lipinski definition) is 3. The molecule has 3 rings (SSSR count). The molecule has 2 aromatic carbocycles. The van der Waals surface area contributed by atoms with Gasteiger partial charge in [-0.2, -0.15) is 5.10 Å². The van der Waals surface area contributed by atoms with Crippen molar-refractivity contribution in [3.63, 3.8) is 0 Å². The summed E-state index contributed by atoms with van der Waals surface area (Å²) in [6.07, 6.45) is 0.674. The highest BCUT2D eigenvalue weighted by atomic mass is 16.5.